The minimum atomic E-state index is 0.120. The highest BCUT2D eigenvalue weighted by atomic mass is 31.0. The van der Waals surface area contributed by atoms with Crippen molar-refractivity contribution in [3.63, 3.8) is 0 Å². The maximum atomic E-state index is 3.14. The molecule has 0 heterocycles. The normalized spacial score (nSPS) is 15.7. The summed E-state index contributed by atoms with van der Waals surface area (Å²) in [6, 6.07) is 48.0. The fraction of sp³-hybridized carbons (Fsp3) is 0.105. The highest BCUT2D eigenvalue weighted by Gasteiger charge is 2.37. The molecule has 3 heteroatoms. The summed E-state index contributed by atoms with van der Waals surface area (Å²) >= 11 is 0. The minimum absolute atomic E-state index is 0.120. The quantitative estimate of drug-likeness (QED) is 0.177. The Kier molecular flexibility index (Phi) is 8.13. The monoisotopic (exact) mass is 567 g/mol. The van der Waals surface area contributed by atoms with Crippen LogP contribution in [0.25, 0.3) is 33.4 Å². The smallest absolute Gasteiger partial charge is 0.0458 e. The van der Waals surface area contributed by atoms with Crippen LogP contribution in [0.3, 0.4) is 0 Å². The van der Waals surface area contributed by atoms with E-state index in [0.717, 1.165) is 0 Å². The average Bonchev–Trinajstić information content (AvgIpc) is 3.36. The van der Waals surface area contributed by atoms with Crippen LogP contribution in [0.5, 0.6) is 0 Å². The molecular formula is C38H35NP2. The van der Waals surface area contributed by atoms with E-state index in [9.17, 15) is 0 Å². The summed E-state index contributed by atoms with van der Waals surface area (Å²) in [5.74, 6) is 0.165. The first-order valence-corrected chi connectivity index (χ1v) is 15.2. The third-order valence-corrected chi connectivity index (χ3v) is 9.21. The largest absolute Gasteiger partial charge is 0.301 e. The molecule has 3 unspecified atom stereocenters. The van der Waals surface area contributed by atoms with Gasteiger partial charge in [-0.05, 0) is 74.8 Å². The van der Waals surface area contributed by atoms with E-state index < -0.39 is 0 Å². The highest BCUT2D eigenvalue weighted by Crippen LogP contribution is 2.52. The third kappa shape index (κ3) is 5.39. The molecule has 202 valence electrons. The van der Waals surface area contributed by atoms with E-state index in [0.29, 0.717) is 0 Å². The van der Waals surface area contributed by atoms with Crippen LogP contribution in [0.4, 0.5) is 0 Å². The van der Waals surface area contributed by atoms with Crippen LogP contribution in [0.2, 0.25) is 0 Å². The van der Waals surface area contributed by atoms with Gasteiger partial charge >= 0.3 is 0 Å². The Morgan fingerprint density at radius 3 is 1.59 bits per heavy atom. The van der Waals surface area contributed by atoms with Crippen molar-refractivity contribution >= 4 is 34.9 Å². The maximum Gasteiger partial charge on any atom is 0.0458 e. The molecule has 5 aromatic carbocycles. The minimum Gasteiger partial charge on any atom is -0.301 e. The Bertz CT molecular complexity index is 1710. The van der Waals surface area contributed by atoms with Gasteiger partial charge in [0.1, 0.15) is 0 Å². The van der Waals surface area contributed by atoms with Crippen molar-refractivity contribution in [3.05, 3.63) is 162 Å². The molecule has 6 rings (SSSR count). The lowest BCUT2D eigenvalue weighted by molar-refractivity contribution is 0.271. The van der Waals surface area contributed by atoms with Gasteiger partial charge in [0.2, 0.25) is 0 Å². The molecule has 0 spiro atoms. The molecule has 0 radical (unpaired) electrons. The molecule has 0 saturated carbocycles. The van der Waals surface area contributed by atoms with Crippen LogP contribution in [0, 0.1) is 5.92 Å². The summed E-state index contributed by atoms with van der Waals surface area (Å²) in [7, 11) is 10.6. The molecule has 1 nitrogen and oxygen atoms in total. The summed E-state index contributed by atoms with van der Waals surface area (Å²) in [6.45, 7) is 0. The van der Waals surface area contributed by atoms with Crippen LogP contribution in [-0.2, 0) is 0 Å². The predicted molar refractivity (Wildman–Crippen MR) is 184 cm³/mol. The van der Waals surface area contributed by atoms with E-state index in [1.807, 2.05) is 0 Å². The Morgan fingerprint density at radius 2 is 1.05 bits per heavy atom. The van der Waals surface area contributed by atoms with Crippen LogP contribution in [0.15, 0.2) is 145 Å². The van der Waals surface area contributed by atoms with Crippen molar-refractivity contribution in [3.8, 4) is 22.3 Å². The van der Waals surface area contributed by atoms with Crippen molar-refractivity contribution < 1.29 is 0 Å². The van der Waals surface area contributed by atoms with E-state index in [1.54, 1.807) is 0 Å². The molecule has 1 aliphatic carbocycles. The zero-order chi connectivity index (χ0) is 28.3. The number of benzene rings is 5. The molecule has 0 saturated heterocycles. The van der Waals surface area contributed by atoms with E-state index in [-0.39, 0.29) is 12.0 Å². The second kappa shape index (κ2) is 12.1. The van der Waals surface area contributed by atoms with Gasteiger partial charge < -0.3 is 4.90 Å². The van der Waals surface area contributed by atoms with E-state index in [2.05, 4.69) is 177 Å². The first-order chi connectivity index (χ1) is 20.0. The lowest BCUT2D eigenvalue weighted by Crippen LogP contribution is -2.31. The molecule has 5 aromatic rings. The second-order valence-corrected chi connectivity index (χ2v) is 12.1. The van der Waals surface area contributed by atoms with Gasteiger partial charge in [0.25, 0.3) is 0 Å². The lowest BCUT2D eigenvalue weighted by atomic mass is 9.81. The van der Waals surface area contributed by atoms with Crippen molar-refractivity contribution in [2.45, 2.75) is 6.04 Å². The van der Waals surface area contributed by atoms with Crippen molar-refractivity contribution in [1.29, 1.82) is 0 Å². The molecule has 0 aromatic heterocycles. The van der Waals surface area contributed by atoms with Gasteiger partial charge in [-0.1, -0.05) is 140 Å². The van der Waals surface area contributed by atoms with Gasteiger partial charge in [-0.3, -0.25) is 0 Å². The van der Waals surface area contributed by atoms with Gasteiger partial charge in [0.15, 0.2) is 0 Å². The van der Waals surface area contributed by atoms with Crippen LogP contribution in [0.1, 0.15) is 22.7 Å². The topological polar surface area (TPSA) is 3.24 Å². The van der Waals surface area contributed by atoms with Gasteiger partial charge in [-0.25, -0.2) is 0 Å². The fourth-order valence-electron chi connectivity index (χ4n) is 6.24. The SMILES string of the molecule is CN(C)[C@H](c1ccc(-c2ccccc2)c(-c2ccccc2)c1P)C1C(P)=CC(c2ccccc2)=C1c1ccccc1. The van der Waals surface area contributed by atoms with Crippen molar-refractivity contribution in [2.24, 2.45) is 5.92 Å². The molecule has 0 aliphatic heterocycles. The maximum absolute atomic E-state index is 3.14. The van der Waals surface area contributed by atoms with Gasteiger partial charge in [-0.15, -0.1) is 18.5 Å². The third-order valence-electron chi connectivity index (χ3n) is 8.06. The lowest BCUT2D eigenvalue weighted by Gasteiger charge is -2.35. The average molecular weight is 568 g/mol. The number of hydrogen-bond acceptors (Lipinski definition) is 1. The van der Waals surface area contributed by atoms with E-state index in [1.165, 1.54) is 60.7 Å². The Balaban J connectivity index is 1.58. The van der Waals surface area contributed by atoms with Crippen LogP contribution < -0.4 is 5.30 Å². The van der Waals surface area contributed by atoms with Gasteiger partial charge in [0, 0.05) is 12.0 Å². The summed E-state index contributed by atoms with van der Waals surface area (Å²) in [5, 5.41) is 2.55. The number of allylic oxidation sites excluding steroid dienone is 2. The highest BCUT2D eigenvalue weighted by molar-refractivity contribution is 7.28. The van der Waals surface area contributed by atoms with Gasteiger partial charge in [-0.2, -0.15) is 0 Å². The first kappa shape index (κ1) is 27.6. The molecule has 0 N–H and O–H groups in total. The van der Waals surface area contributed by atoms with Crippen LogP contribution in [-0.4, -0.2) is 19.0 Å². The zero-order valence-electron chi connectivity index (χ0n) is 23.5. The second-order valence-electron chi connectivity index (χ2n) is 10.8. The molecule has 0 fully saturated rings. The summed E-state index contributed by atoms with van der Waals surface area (Å²) in [4.78, 5) is 2.39. The molecule has 0 bridgehead atoms. The zero-order valence-corrected chi connectivity index (χ0v) is 25.8. The van der Waals surface area contributed by atoms with Crippen molar-refractivity contribution in [1.82, 2.24) is 4.90 Å². The standard InChI is InChI=1S/C38H35NP2/c1-39(2)37(36-33(40)25-32(27-17-9-4-10-18-27)34(36)28-19-11-5-12-20-28)31-24-23-30(26-15-7-3-8-16-26)35(38(31)41)29-21-13-6-14-22-29/h3-25,36-37H,40-41H2,1-2H3/t36?,37-/m1/s1. The van der Waals surface area contributed by atoms with E-state index in [4.69, 9.17) is 0 Å². The number of hydrogen-bond donors (Lipinski definition) is 0. The number of rotatable bonds is 7. The summed E-state index contributed by atoms with van der Waals surface area (Å²) < 4.78 is 0. The predicted octanol–water partition coefficient (Wildman–Crippen LogP) is 9.12. The summed E-state index contributed by atoms with van der Waals surface area (Å²) in [5.41, 5.74) is 11.5. The molecular weight excluding hydrogens is 532 g/mol. The summed E-state index contributed by atoms with van der Waals surface area (Å²) in [6.07, 6.45) is 2.38. The van der Waals surface area contributed by atoms with E-state index >= 15 is 0 Å². The molecule has 1 aliphatic rings. The van der Waals surface area contributed by atoms with Crippen LogP contribution >= 0.6 is 18.5 Å². The molecule has 0 amide bonds. The fourth-order valence-corrected chi connectivity index (χ4v) is 7.35. The van der Waals surface area contributed by atoms with Gasteiger partial charge in [0.05, 0.1) is 0 Å². The Hall–Kier alpha value is -3.60. The van der Waals surface area contributed by atoms with Crippen molar-refractivity contribution in [2.75, 3.05) is 14.1 Å². The first-order valence-electron chi connectivity index (χ1n) is 14.1. The Morgan fingerprint density at radius 1 is 0.561 bits per heavy atom. The number of nitrogens with zero attached hydrogens (tertiary/aromatic N) is 1. The molecule has 4 atom stereocenters. The Labute approximate surface area is 249 Å². The molecule has 41 heavy (non-hydrogen) atoms.